The summed E-state index contributed by atoms with van der Waals surface area (Å²) in [4.78, 5) is 14.5. The maximum Gasteiger partial charge on any atom is 0.232 e. The van der Waals surface area contributed by atoms with Gasteiger partial charge in [-0.2, -0.15) is 0 Å². The van der Waals surface area contributed by atoms with Gasteiger partial charge in [0.15, 0.2) is 0 Å². The molecule has 2 N–H and O–H groups in total. The van der Waals surface area contributed by atoms with Crippen molar-refractivity contribution in [2.24, 2.45) is 23.5 Å². The Morgan fingerprint density at radius 2 is 1.76 bits per heavy atom. The molecule has 4 bridgehead atoms. The summed E-state index contributed by atoms with van der Waals surface area (Å²) >= 11 is 2.00. The fraction of sp³-hybridized carbons (Fsp3) is 0.941. The lowest BCUT2D eigenvalue weighted by atomic mass is 9.56. The second-order valence-electron chi connectivity index (χ2n) is 8.13. The van der Waals surface area contributed by atoms with Crippen LogP contribution in [0.2, 0.25) is 0 Å². The molecule has 3 nitrogen and oxygen atoms in total. The average molecular weight is 308 g/mol. The predicted molar refractivity (Wildman–Crippen MR) is 87.2 cm³/mol. The molecule has 1 heterocycles. The third kappa shape index (κ3) is 2.86. The number of amides is 1. The second kappa shape index (κ2) is 5.45. The van der Waals surface area contributed by atoms with E-state index in [-0.39, 0.29) is 6.04 Å². The van der Waals surface area contributed by atoms with Crippen LogP contribution in [0.3, 0.4) is 0 Å². The quantitative estimate of drug-likeness (QED) is 0.872. The number of piperidine rings is 1. The van der Waals surface area contributed by atoms with Crippen molar-refractivity contribution in [3.63, 3.8) is 0 Å². The van der Waals surface area contributed by atoms with E-state index in [0.717, 1.165) is 43.7 Å². The molecule has 4 aliphatic carbocycles. The van der Waals surface area contributed by atoms with Crippen molar-refractivity contribution in [1.29, 1.82) is 0 Å². The Bertz CT molecular complexity index is 390. The van der Waals surface area contributed by atoms with Crippen molar-refractivity contribution >= 4 is 17.7 Å². The smallest absolute Gasteiger partial charge is 0.232 e. The van der Waals surface area contributed by atoms with Gasteiger partial charge in [0.2, 0.25) is 5.91 Å². The average Bonchev–Trinajstić information content (AvgIpc) is 2.43. The molecule has 0 unspecified atom stereocenters. The van der Waals surface area contributed by atoms with Crippen LogP contribution in [0, 0.1) is 17.8 Å². The maximum atomic E-state index is 12.5. The molecule has 1 aliphatic heterocycles. The van der Waals surface area contributed by atoms with Crippen molar-refractivity contribution in [3.8, 4) is 0 Å². The first-order valence-corrected chi connectivity index (χ1v) is 9.78. The molecule has 1 saturated heterocycles. The Hall–Kier alpha value is -0.220. The molecule has 0 aromatic carbocycles. The first-order chi connectivity index (χ1) is 10.1. The monoisotopic (exact) mass is 308 g/mol. The number of nitrogens with zero attached hydrogens (tertiary/aromatic N) is 1. The highest BCUT2D eigenvalue weighted by molar-refractivity contribution is 8.01. The number of hydrogen-bond acceptors (Lipinski definition) is 3. The van der Waals surface area contributed by atoms with Crippen molar-refractivity contribution in [2.45, 2.75) is 62.2 Å². The zero-order valence-corrected chi connectivity index (χ0v) is 13.7. The SMILES string of the molecule is N[C@@H]1CCCN(C(=O)CSC23CC4CC(CC(C4)C2)C3)C1. The van der Waals surface area contributed by atoms with Crippen LogP contribution in [-0.2, 0) is 4.79 Å². The van der Waals surface area contributed by atoms with Crippen molar-refractivity contribution in [1.82, 2.24) is 4.90 Å². The summed E-state index contributed by atoms with van der Waals surface area (Å²) in [6, 6.07) is 0.201. The van der Waals surface area contributed by atoms with Gasteiger partial charge in [0, 0.05) is 23.9 Å². The molecule has 4 heteroatoms. The summed E-state index contributed by atoms with van der Waals surface area (Å²) in [5, 5.41) is 0. The van der Waals surface area contributed by atoms with E-state index in [4.69, 9.17) is 5.73 Å². The highest BCUT2D eigenvalue weighted by Gasteiger charge is 2.51. The van der Waals surface area contributed by atoms with Gasteiger partial charge < -0.3 is 10.6 Å². The van der Waals surface area contributed by atoms with Crippen LogP contribution in [0.4, 0.5) is 0 Å². The number of carbonyl (C=O) groups is 1. The fourth-order valence-electron chi connectivity index (χ4n) is 5.75. The summed E-state index contributed by atoms with van der Waals surface area (Å²) in [6.45, 7) is 1.70. The lowest BCUT2D eigenvalue weighted by molar-refractivity contribution is -0.129. The lowest BCUT2D eigenvalue weighted by Gasteiger charge is -2.56. The first kappa shape index (κ1) is 14.4. The van der Waals surface area contributed by atoms with E-state index in [2.05, 4.69) is 0 Å². The van der Waals surface area contributed by atoms with E-state index in [1.54, 1.807) is 0 Å². The highest BCUT2D eigenvalue weighted by Crippen LogP contribution is 2.60. The van der Waals surface area contributed by atoms with Crippen LogP contribution < -0.4 is 5.73 Å². The summed E-state index contributed by atoms with van der Waals surface area (Å²) < 4.78 is 0.461. The molecule has 0 aromatic heterocycles. The van der Waals surface area contributed by atoms with Gasteiger partial charge in [-0.1, -0.05) is 0 Å². The molecule has 0 radical (unpaired) electrons. The first-order valence-electron chi connectivity index (χ1n) is 8.79. The molecule has 4 saturated carbocycles. The van der Waals surface area contributed by atoms with E-state index in [0.29, 0.717) is 16.4 Å². The van der Waals surface area contributed by atoms with Gasteiger partial charge in [0.05, 0.1) is 5.75 Å². The Morgan fingerprint density at radius 1 is 1.14 bits per heavy atom. The van der Waals surface area contributed by atoms with Crippen LogP contribution in [0.5, 0.6) is 0 Å². The van der Waals surface area contributed by atoms with E-state index in [1.807, 2.05) is 16.7 Å². The summed E-state index contributed by atoms with van der Waals surface area (Å²) in [5.74, 6) is 3.96. The van der Waals surface area contributed by atoms with E-state index >= 15 is 0 Å². The standard InChI is InChI=1S/C17H28N2OS/c18-15-2-1-3-19(10-15)16(20)11-21-17-7-12-4-13(8-17)6-14(5-12)9-17/h12-15H,1-11,18H2/t12?,13?,14?,15-,17?/m1/s1. The second-order valence-corrected chi connectivity index (χ2v) is 9.57. The third-order valence-electron chi connectivity index (χ3n) is 6.29. The maximum absolute atomic E-state index is 12.5. The molecule has 118 valence electrons. The van der Waals surface area contributed by atoms with E-state index in [1.165, 1.54) is 38.5 Å². The minimum absolute atomic E-state index is 0.201. The van der Waals surface area contributed by atoms with Gasteiger partial charge in [-0.05, 0) is 69.1 Å². The van der Waals surface area contributed by atoms with Crippen molar-refractivity contribution in [2.75, 3.05) is 18.8 Å². The normalized spacial score (nSPS) is 45.1. The molecule has 5 fully saturated rings. The van der Waals surface area contributed by atoms with Gasteiger partial charge in [-0.25, -0.2) is 0 Å². The summed E-state index contributed by atoms with van der Waals surface area (Å²) in [7, 11) is 0. The van der Waals surface area contributed by atoms with E-state index in [9.17, 15) is 4.79 Å². The molecular formula is C17H28N2OS. The molecule has 0 spiro atoms. The van der Waals surface area contributed by atoms with Crippen molar-refractivity contribution < 1.29 is 4.79 Å². The molecule has 21 heavy (non-hydrogen) atoms. The predicted octanol–water partition coefficient (Wildman–Crippen LogP) is 2.64. The molecule has 0 aromatic rings. The van der Waals surface area contributed by atoms with Gasteiger partial charge in [0.1, 0.15) is 0 Å². The minimum atomic E-state index is 0.201. The van der Waals surface area contributed by atoms with Crippen LogP contribution >= 0.6 is 11.8 Å². The van der Waals surface area contributed by atoms with Crippen LogP contribution in [0.1, 0.15) is 51.4 Å². The van der Waals surface area contributed by atoms with E-state index < -0.39 is 0 Å². The van der Waals surface area contributed by atoms with Gasteiger partial charge in [0.25, 0.3) is 0 Å². The Morgan fingerprint density at radius 3 is 2.33 bits per heavy atom. The minimum Gasteiger partial charge on any atom is -0.340 e. The fourth-order valence-corrected chi connectivity index (χ4v) is 7.42. The Kier molecular flexibility index (Phi) is 3.73. The highest BCUT2D eigenvalue weighted by atomic mass is 32.2. The number of likely N-dealkylation sites (tertiary alicyclic amines) is 1. The lowest BCUT2D eigenvalue weighted by Crippen LogP contribution is -2.50. The zero-order valence-electron chi connectivity index (χ0n) is 12.9. The van der Waals surface area contributed by atoms with Crippen LogP contribution in [0.15, 0.2) is 0 Å². The topological polar surface area (TPSA) is 46.3 Å². The largest absolute Gasteiger partial charge is 0.340 e. The number of carbonyl (C=O) groups excluding carboxylic acids is 1. The number of rotatable bonds is 3. The molecule has 1 atom stereocenters. The zero-order chi connectivity index (χ0) is 14.4. The van der Waals surface area contributed by atoms with Crippen LogP contribution in [-0.4, -0.2) is 40.4 Å². The Balaban J connectivity index is 1.35. The number of nitrogens with two attached hydrogens (primary N) is 1. The van der Waals surface area contributed by atoms with Gasteiger partial charge in [-0.3, -0.25) is 4.79 Å². The molecular weight excluding hydrogens is 280 g/mol. The van der Waals surface area contributed by atoms with Gasteiger partial charge >= 0.3 is 0 Å². The molecule has 5 rings (SSSR count). The number of thioether (sulfide) groups is 1. The molecule has 1 amide bonds. The summed E-state index contributed by atoms with van der Waals surface area (Å²) in [5.41, 5.74) is 6.00. The number of hydrogen-bond donors (Lipinski definition) is 1. The van der Waals surface area contributed by atoms with Crippen molar-refractivity contribution in [3.05, 3.63) is 0 Å². The summed E-state index contributed by atoms with van der Waals surface area (Å²) in [6.07, 6.45) is 10.8. The van der Waals surface area contributed by atoms with Crippen LogP contribution in [0.25, 0.3) is 0 Å². The third-order valence-corrected chi connectivity index (χ3v) is 7.80. The van der Waals surface area contributed by atoms with Gasteiger partial charge in [-0.15, -0.1) is 11.8 Å². The Labute approximate surface area is 132 Å². The molecule has 5 aliphatic rings.